The average molecular weight is 264 g/mol. The number of nitrogens with one attached hydrogen (secondary N) is 1. The second kappa shape index (κ2) is 6.87. The minimum atomic E-state index is -0.463. The molecule has 1 rings (SSSR count). The molecule has 1 aromatic carbocycles. The van der Waals surface area contributed by atoms with Gasteiger partial charge in [0.2, 0.25) is 0 Å². The fourth-order valence-corrected chi connectivity index (χ4v) is 2.25. The number of nitro groups is 1. The third-order valence-electron chi connectivity index (χ3n) is 3.49. The minimum Gasteiger partial charge on any atom is -0.377 e. The SMILES string of the molecule is CCC(CC)C(C)Nc1ccc(C=O)cc1[N+](=O)[O-]. The molecular formula is C14H20N2O3. The highest BCUT2D eigenvalue weighted by molar-refractivity contribution is 5.79. The Morgan fingerprint density at radius 2 is 2.00 bits per heavy atom. The Hall–Kier alpha value is -1.91. The molecular weight excluding hydrogens is 244 g/mol. The summed E-state index contributed by atoms with van der Waals surface area (Å²) in [6.45, 7) is 6.24. The van der Waals surface area contributed by atoms with E-state index in [0.29, 0.717) is 23.5 Å². The summed E-state index contributed by atoms with van der Waals surface area (Å²) >= 11 is 0. The van der Waals surface area contributed by atoms with Gasteiger partial charge in [0.1, 0.15) is 12.0 Å². The van der Waals surface area contributed by atoms with E-state index >= 15 is 0 Å². The van der Waals surface area contributed by atoms with Crippen LogP contribution in [0.2, 0.25) is 0 Å². The van der Waals surface area contributed by atoms with Crippen molar-refractivity contribution in [3.05, 3.63) is 33.9 Å². The number of carbonyl (C=O) groups is 1. The van der Waals surface area contributed by atoms with Crippen LogP contribution in [0.3, 0.4) is 0 Å². The first-order valence-corrected chi connectivity index (χ1v) is 6.53. The number of anilines is 1. The van der Waals surface area contributed by atoms with Gasteiger partial charge in [0.15, 0.2) is 0 Å². The Balaban J connectivity index is 3.00. The van der Waals surface area contributed by atoms with Crippen molar-refractivity contribution in [3.8, 4) is 0 Å². The highest BCUT2D eigenvalue weighted by atomic mass is 16.6. The van der Waals surface area contributed by atoms with Gasteiger partial charge in [-0.25, -0.2) is 0 Å². The summed E-state index contributed by atoms with van der Waals surface area (Å²) in [6, 6.07) is 4.63. The third kappa shape index (κ3) is 3.77. The molecule has 0 fully saturated rings. The summed E-state index contributed by atoms with van der Waals surface area (Å²) in [5, 5.41) is 14.2. The van der Waals surface area contributed by atoms with Crippen molar-refractivity contribution >= 4 is 17.7 Å². The molecule has 0 amide bonds. The summed E-state index contributed by atoms with van der Waals surface area (Å²) < 4.78 is 0. The van der Waals surface area contributed by atoms with Gasteiger partial charge in [-0.15, -0.1) is 0 Å². The molecule has 1 N–H and O–H groups in total. The van der Waals surface area contributed by atoms with E-state index in [0.717, 1.165) is 12.8 Å². The van der Waals surface area contributed by atoms with Crippen molar-refractivity contribution < 1.29 is 9.72 Å². The molecule has 0 saturated carbocycles. The molecule has 0 radical (unpaired) electrons. The summed E-state index contributed by atoms with van der Waals surface area (Å²) in [7, 11) is 0. The standard InChI is InChI=1S/C14H20N2O3/c1-4-12(5-2)10(3)15-13-7-6-11(9-17)8-14(13)16(18)19/h6-10,12,15H,4-5H2,1-3H3. The monoisotopic (exact) mass is 264 g/mol. The molecule has 1 aromatic rings. The van der Waals surface area contributed by atoms with Crippen LogP contribution >= 0.6 is 0 Å². The maximum Gasteiger partial charge on any atom is 0.293 e. The fraction of sp³-hybridized carbons (Fsp3) is 0.500. The highest BCUT2D eigenvalue weighted by Crippen LogP contribution is 2.27. The molecule has 5 nitrogen and oxygen atoms in total. The predicted molar refractivity (Wildman–Crippen MR) is 75.6 cm³/mol. The van der Waals surface area contributed by atoms with Crippen LogP contribution in [0.25, 0.3) is 0 Å². The Kier molecular flexibility index (Phi) is 5.48. The van der Waals surface area contributed by atoms with Crippen molar-refractivity contribution in [2.45, 2.75) is 39.7 Å². The van der Waals surface area contributed by atoms with E-state index in [1.807, 2.05) is 6.92 Å². The Morgan fingerprint density at radius 3 is 2.47 bits per heavy atom. The quantitative estimate of drug-likeness (QED) is 0.463. The molecule has 0 aromatic heterocycles. The molecule has 0 saturated heterocycles. The van der Waals surface area contributed by atoms with Crippen LogP contribution in [0.5, 0.6) is 0 Å². The summed E-state index contributed by atoms with van der Waals surface area (Å²) in [4.78, 5) is 21.2. The maximum absolute atomic E-state index is 11.0. The van der Waals surface area contributed by atoms with E-state index in [4.69, 9.17) is 0 Å². The number of nitro benzene ring substituents is 1. The van der Waals surface area contributed by atoms with E-state index < -0.39 is 4.92 Å². The van der Waals surface area contributed by atoms with E-state index in [2.05, 4.69) is 19.2 Å². The molecule has 0 bridgehead atoms. The molecule has 0 heterocycles. The average Bonchev–Trinajstić information content (AvgIpc) is 2.40. The van der Waals surface area contributed by atoms with Crippen molar-refractivity contribution in [2.24, 2.45) is 5.92 Å². The topological polar surface area (TPSA) is 72.2 Å². The largest absolute Gasteiger partial charge is 0.377 e. The molecule has 0 aliphatic carbocycles. The van der Waals surface area contributed by atoms with Gasteiger partial charge < -0.3 is 5.32 Å². The van der Waals surface area contributed by atoms with E-state index in [9.17, 15) is 14.9 Å². The van der Waals surface area contributed by atoms with Crippen LogP contribution in [-0.4, -0.2) is 17.3 Å². The molecule has 0 spiro atoms. The van der Waals surface area contributed by atoms with Crippen LogP contribution < -0.4 is 5.32 Å². The van der Waals surface area contributed by atoms with Gasteiger partial charge in [-0.2, -0.15) is 0 Å². The summed E-state index contributed by atoms with van der Waals surface area (Å²) in [5.41, 5.74) is 0.727. The van der Waals surface area contributed by atoms with Crippen molar-refractivity contribution in [2.75, 3.05) is 5.32 Å². The normalized spacial score (nSPS) is 12.2. The number of benzene rings is 1. The van der Waals surface area contributed by atoms with E-state index in [1.165, 1.54) is 6.07 Å². The zero-order valence-electron chi connectivity index (χ0n) is 11.6. The number of aldehydes is 1. The number of hydrogen-bond acceptors (Lipinski definition) is 4. The van der Waals surface area contributed by atoms with Gasteiger partial charge in [-0.05, 0) is 25.0 Å². The number of hydrogen-bond donors (Lipinski definition) is 1. The molecule has 0 aliphatic rings. The van der Waals surface area contributed by atoms with Crippen molar-refractivity contribution in [1.82, 2.24) is 0 Å². The smallest absolute Gasteiger partial charge is 0.293 e. The van der Waals surface area contributed by atoms with Crippen LogP contribution in [0.4, 0.5) is 11.4 Å². The number of nitrogens with zero attached hydrogens (tertiary/aromatic N) is 1. The lowest BCUT2D eigenvalue weighted by atomic mass is 9.95. The van der Waals surface area contributed by atoms with Gasteiger partial charge in [-0.3, -0.25) is 14.9 Å². The molecule has 5 heteroatoms. The lowest BCUT2D eigenvalue weighted by Gasteiger charge is -2.23. The van der Waals surface area contributed by atoms with Crippen LogP contribution in [-0.2, 0) is 0 Å². The van der Waals surface area contributed by atoms with Crippen molar-refractivity contribution in [3.63, 3.8) is 0 Å². The first-order chi connectivity index (χ1) is 9.03. The number of rotatable bonds is 7. The maximum atomic E-state index is 11.0. The summed E-state index contributed by atoms with van der Waals surface area (Å²) in [5.74, 6) is 0.463. The first kappa shape index (κ1) is 15.1. The predicted octanol–water partition coefficient (Wildman–Crippen LogP) is 3.64. The zero-order chi connectivity index (χ0) is 14.4. The van der Waals surface area contributed by atoms with Gasteiger partial charge in [0.05, 0.1) is 4.92 Å². The number of carbonyl (C=O) groups excluding carboxylic acids is 1. The lowest BCUT2D eigenvalue weighted by molar-refractivity contribution is -0.384. The van der Waals surface area contributed by atoms with E-state index in [1.54, 1.807) is 12.1 Å². The lowest BCUT2D eigenvalue weighted by Crippen LogP contribution is -2.25. The molecule has 1 atom stereocenters. The third-order valence-corrected chi connectivity index (χ3v) is 3.49. The van der Waals surface area contributed by atoms with Crippen LogP contribution in [0.15, 0.2) is 18.2 Å². The van der Waals surface area contributed by atoms with Crippen LogP contribution in [0.1, 0.15) is 44.0 Å². The molecule has 104 valence electrons. The molecule has 0 aliphatic heterocycles. The Morgan fingerprint density at radius 1 is 1.37 bits per heavy atom. The minimum absolute atomic E-state index is 0.0533. The van der Waals surface area contributed by atoms with Crippen molar-refractivity contribution in [1.29, 1.82) is 0 Å². The van der Waals surface area contributed by atoms with Gasteiger partial charge >= 0.3 is 0 Å². The Bertz CT molecular complexity index is 456. The van der Waals surface area contributed by atoms with Crippen LogP contribution in [0, 0.1) is 16.0 Å². The first-order valence-electron chi connectivity index (χ1n) is 6.53. The van der Waals surface area contributed by atoms with E-state index in [-0.39, 0.29) is 11.7 Å². The summed E-state index contributed by atoms with van der Waals surface area (Å²) in [6.07, 6.45) is 2.65. The zero-order valence-corrected chi connectivity index (χ0v) is 11.6. The Labute approximate surface area is 113 Å². The molecule has 1 unspecified atom stereocenters. The van der Waals surface area contributed by atoms with Gasteiger partial charge in [0.25, 0.3) is 5.69 Å². The van der Waals surface area contributed by atoms with Gasteiger partial charge in [0, 0.05) is 17.7 Å². The second-order valence-corrected chi connectivity index (χ2v) is 4.66. The van der Waals surface area contributed by atoms with Gasteiger partial charge in [-0.1, -0.05) is 26.7 Å². The second-order valence-electron chi connectivity index (χ2n) is 4.66. The fourth-order valence-electron chi connectivity index (χ4n) is 2.25. The highest BCUT2D eigenvalue weighted by Gasteiger charge is 2.19. The molecule has 19 heavy (non-hydrogen) atoms.